The van der Waals surface area contributed by atoms with Gasteiger partial charge in [-0.3, -0.25) is 14.2 Å². The van der Waals surface area contributed by atoms with Gasteiger partial charge < -0.3 is 5.32 Å². The second-order valence-corrected chi connectivity index (χ2v) is 6.93. The molecule has 0 aliphatic carbocycles. The zero-order chi connectivity index (χ0) is 18.5. The van der Waals surface area contributed by atoms with E-state index in [9.17, 15) is 9.59 Å². The molecule has 0 unspecified atom stereocenters. The van der Waals surface area contributed by atoms with Crippen LogP contribution in [0, 0.1) is 0 Å². The van der Waals surface area contributed by atoms with Gasteiger partial charge in [0.2, 0.25) is 5.91 Å². The molecule has 0 fully saturated rings. The van der Waals surface area contributed by atoms with Crippen molar-refractivity contribution in [2.75, 3.05) is 11.9 Å². The summed E-state index contributed by atoms with van der Waals surface area (Å²) in [7, 11) is 0. The van der Waals surface area contributed by atoms with Crippen molar-refractivity contribution in [3.05, 3.63) is 57.7 Å². The molecule has 1 N–H and O–H groups in total. The Kier molecular flexibility index (Phi) is 6.05. The maximum Gasteiger partial charge on any atom is 0.264 e. The fourth-order valence-electron chi connectivity index (χ4n) is 2.54. The molecule has 0 aliphatic heterocycles. The van der Waals surface area contributed by atoms with Crippen LogP contribution in [0.4, 0.5) is 0 Å². The van der Waals surface area contributed by atoms with Crippen molar-refractivity contribution in [1.82, 2.24) is 24.6 Å². The Balaban J connectivity index is 1.75. The zero-order valence-corrected chi connectivity index (χ0v) is 16.2. The molecule has 0 saturated heterocycles. The smallest absolute Gasteiger partial charge is 0.264 e. The number of nitrogens with one attached hydrogen (secondary N) is 1. The van der Waals surface area contributed by atoms with E-state index in [1.165, 1.54) is 17.1 Å². The van der Waals surface area contributed by atoms with Crippen molar-refractivity contribution in [3.8, 4) is 0 Å². The van der Waals surface area contributed by atoms with E-state index in [4.69, 9.17) is 11.6 Å². The molecular weight excluding hydrogens is 422 g/mol. The number of fused-ring (bicyclic) bond motifs is 1. The number of hydrogen-bond acceptors (Lipinski definition) is 4. The Morgan fingerprint density at radius 2 is 2.04 bits per heavy atom. The minimum absolute atomic E-state index is 0.0309. The summed E-state index contributed by atoms with van der Waals surface area (Å²) < 4.78 is 3.16. The van der Waals surface area contributed by atoms with Gasteiger partial charge in [0, 0.05) is 23.3 Å². The van der Waals surface area contributed by atoms with Gasteiger partial charge in [-0.2, -0.15) is 5.10 Å². The van der Waals surface area contributed by atoms with Crippen molar-refractivity contribution in [3.63, 3.8) is 0 Å². The molecule has 0 spiro atoms. The van der Waals surface area contributed by atoms with E-state index < -0.39 is 0 Å². The number of hydrogen-bond donors (Lipinski definition) is 1. The molecule has 136 valence electrons. The number of aromatic nitrogens is 4. The first kappa shape index (κ1) is 18.6. The van der Waals surface area contributed by atoms with Gasteiger partial charge in [-0.15, -0.1) is 0 Å². The van der Waals surface area contributed by atoms with E-state index in [-0.39, 0.29) is 11.5 Å². The summed E-state index contributed by atoms with van der Waals surface area (Å²) in [6.07, 6.45) is 3.46. The number of carbonyl (C=O) groups is 1. The maximum absolute atomic E-state index is 12.6. The highest BCUT2D eigenvalue weighted by Crippen LogP contribution is 2.11. The lowest BCUT2D eigenvalue weighted by Crippen LogP contribution is -2.27. The van der Waals surface area contributed by atoms with Crippen molar-refractivity contribution in [2.45, 2.75) is 19.5 Å². The molecule has 0 bridgehead atoms. The van der Waals surface area contributed by atoms with E-state index in [0.717, 1.165) is 5.56 Å². The number of benzene rings is 1. The molecule has 0 saturated carbocycles. The molecule has 0 atom stereocenters. The first-order valence-electron chi connectivity index (χ1n) is 8.06. The number of halogens is 2. The van der Waals surface area contributed by atoms with Crippen LogP contribution in [0.15, 0.2) is 41.6 Å². The molecule has 0 radical (unpaired) electrons. The van der Waals surface area contributed by atoms with Gasteiger partial charge in [-0.1, -0.05) is 39.7 Å². The molecule has 2 aromatic heterocycles. The largest absolute Gasteiger partial charge is 0.354 e. The lowest BCUT2D eigenvalue weighted by atomic mass is 10.2. The SMILES string of the molecule is O=C(CCBr)NCCn1ncc2c(=O)n(Cc3ccc(Cl)cc3)cnc21. The number of rotatable bonds is 7. The van der Waals surface area contributed by atoms with Crippen LogP contribution in [0.25, 0.3) is 11.0 Å². The average Bonchev–Trinajstić information content (AvgIpc) is 3.03. The van der Waals surface area contributed by atoms with Gasteiger partial charge in [-0.05, 0) is 17.7 Å². The van der Waals surface area contributed by atoms with Gasteiger partial charge in [0.25, 0.3) is 5.56 Å². The topological polar surface area (TPSA) is 81.8 Å². The summed E-state index contributed by atoms with van der Waals surface area (Å²) >= 11 is 9.11. The third-order valence-electron chi connectivity index (χ3n) is 3.86. The Bertz CT molecular complexity index is 967. The predicted molar refractivity (Wildman–Crippen MR) is 104 cm³/mol. The van der Waals surface area contributed by atoms with Crippen LogP contribution in [0.5, 0.6) is 0 Å². The quantitative estimate of drug-likeness (QED) is 0.573. The highest BCUT2D eigenvalue weighted by molar-refractivity contribution is 9.09. The van der Waals surface area contributed by atoms with Crippen molar-refractivity contribution in [1.29, 1.82) is 0 Å². The highest BCUT2D eigenvalue weighted by Gasteiger charge is 2.10. The Hall–Kier alpha value is -2.19. The average molecular weight is 439 g/mol. The van der Waals surface area contributed by atoms with Gasteiger partial charge in [0.15, 0.2) is 5.65 Å². The van der Waals surface area contributed by atoms with Crippen molar-refractivity contribution < 1.29 is 4.79 Å². The lowest BCUT2D eigenvalue weighted by Gasteiger charge is -2.07. The summed E-state index contributed by atoms with van der Waals surface area (Å²) in [5.41, 5.74) is 1.32. The van der Waals surface area contributed by atoms with Crippen LogP contribution < -0.4 is 10.9 Å². The molecule has 0 aliphatic rings. The monoisotopic (exact) mass is 437 g/mol. The van der Waals surface area contributed by atoms with Gasteiger partial charge >= 0.3 is 0 Å². The minimum Gasteiger partial charge on any atom is -0.354 e. The normalized spacial score (nSPS) is 11.0. The van der Waals surface area contributed by atoms with Crippen LogP contribution in [0.1, 0.15) is 12.0 Å². The van der Waals surface area contributed by atoms with E-state index in [1.54, 1.807) is 16.8 Å². The van der Waals surface area contributed by atoms with Crippen LogP contribution >= 0.6 is 27.5 Å². The third kappa shape index (κ3) is 4.31. The highest BCUT2D eigenvalue weighted by atomic mass is 79.9. The van der Waals surface area contributed by atoms with E-state index in [0.29, 0.717) is 47.4 Å². The summed E-state index contributed by atoms with van der Waals surface area (Å²) in [5.74, 6) is -0.0309. The minimum atomic E-state index is -0.153. The summed E-state index contributed by atoms with van der Waals surface area (Å²) in [5, 5.41) is 8.75. The molecule has 9 heteroatoms. The molecule has 1 amide bonds. The molecule has 26 heavy (non-hydrogen) atoms. The maximum atomic E-state index is 12.6. The van der Waals surface area contributed by atoms with Crippen LogP contribution in [0.3, 0.4) is 0 Å². The summed E-state index contributed by atoms with van der Waals surface area (Å²) in [4.78, 5) is 28.5. The van der Waals surface area contributed by atoms with Crippen LogP contribution in [-0.4, -0.2) is 37.1 Å². The second-order valence-electron chi connectivity index (χ2n) is 5.70. The fourth-order valence-corrected chi connectivity index (χ4v) is 3.02. The summed E-state index contributed by atoms with van der Waals surface area (Å²) in [6.45, 7) is 1.29. The number of nitrogens with zero attached hydrogens (tertiary/aromatic N) is 4. The zero-order valence-electron chi connectivity index (χ0n) is 13.9. The standard InChI is InChI=1S/C17H17BrClN5O2/c18-6-5-15(25)20-7-8-24-16-14(9-22-24)17(26)23(11-21-16)10-12-1-3-13(19)4-2-12/h1-4,9,11H,5-8,10H2,(H,20,25). The number of carbonyl (C=O) groups excluding carboxylic acids is 1. The van der Waals surface area contributed by atoms with Gasteiger partial charge in [0.05, 0.1) is 19.3 Å². The van der Waals surface area contributed by atoms with Crippen molar-refractivity contribution >= 4 is 44.5 Å². The molecular formula is C17H17BrClN5O2. The first-order chi connectivity index (χ1) is 12.6. The van der Waals surface area contributed by atoms with E-state index >= 15 is 0 Å². The predicted octanol–water partition coefficient (Wildman–Crippen LogP) is 2.20. The molecule has 2 heterocycles. The van der Waals surface area contributed by atoms with Crippen LogP contribution in [0.2, 0.25) is 5.02 Å². The van der Waals surface area contributed by atoms with Crippen LogP contribution in [-0.2, 0) is 17.9 Å². The van der Waals surface area contributed by atoms with Gasteiger partial charge in [0.1, 0.15) is 11.7 Å². The van der Waals surface area contributed by atoms with Crippen molar-refractivity contribution in [2.24, 2.45) is 0 Å². The number of amides is 1. The second kappa shape index (κ2) is 8.46. The molecule has 1 aromatic carbocycles. The van der Waals surface area contributed by atoms with E-state index in [2.05, 4.69) is 31.3 Å². The van der Waals surface area contributed by atoms with Gasteiger partial charge in [-0.25, -0.2) is 9.67 Å². The Morgan fingerprint density at radius 3 is 2.77 bits per heavy atom. The first-order valence-corrected chi connectivity index (χ1v) is 9.56. The van der Waals surface area contributed by atoms with E-state index in [1.807, 2.05) is 12.1 Å². The number of alkyl halides is 1. The third-order valence-corrected chi connectivity index (χ3v) is 4.50. The Morgan fingerprint density at radius 1 is 1.27 bits per heavy atom. The molecule has 7 nitrogen and oxygen atoms in total. The fraction of sp³-hybridized carbons (Fsp3) is 0.294. The lowest BCUT2D eigenvalue weighted by molar-refractivity contribution is -0.120. The molecule has 3 rings (SSSR count). The molecule has 3 aromatic rings. The Labute approximate surface area is 163 Å². The summed E-state index contributed by atoms with van der Waals surface area (Å²) in [6, 6.07) is 7.32.